The van der Waals surface area contributed by atoms with Crippen LogP contribution in [0.4, 0.5) is 0 Å². The second kappa shape index (κ2) is 6.66. The number of hydrogen-bond acceptors (Lipinski definition) is 5. The molecule has 1 N–H and O–H groups in total. The van der Waals surface area contributed by atoms with Crippen molar-refractivity contribution < 1.29 is 0 Å². The molecular weight excluding hydrogens is 252 g/mol. The molecule has 1 fully saturated rings. The summed E-state index contributed by atoms with van der Waals surface area (Å²) in [7, 11) is 1.98. The molecule has 0 bridgehead atoms. The number of aryl methyl sites for hydroxylation is 1. The Hall–Kier alpha value is -0.200. The molecule has 1 aromatic heterocycles. The predicted octanol–water partition coefficient (Wildman–Crippen LogP) is 1.70. The van der Waals surface area contributed by atoms with Gasteiger partial charge in [-0.2, -0.15) is 23.5 Å². The maximum absolute atomic E-state index is 4.05. The van der Waals surface area contributed by atoms with Crippen molar-refractivity contribution in [2.75, 3.05) is 23.8 Å². The standard InChI is InChI=1S/C11H20N4S2/c1-3-4-12-11(9-7-13-14-15(9)2)10-8-16-5-6-17-10/h7,10-12H,3-6,8H2,1-2H3. The summed E-state index contributed by atoms with van der Waals surface area (Å²) in [6, 6.07) is 0.382. The van der Waals surface area contributed by atoms with E-state index in [2.05, 4.69) is 46.1 Å². The molecule has 2 atom stereocenters. The first kappa shape index (κ1) is 13.2. The van der Waals surface area contributed by atoms with Crippen molar-refractivity contribution in [2.45, 2.75) is 24.6 Å². The van der Waals surface area contributed by atoms with Gasteiger partial charge in [0.1, 0.15) is 0 Å². The number of hydrogen-bond donors (Lipinski definition) is 1. The summed E-state index contributed by atoms with van der Waals surface area (Å²) in [6.07, 6.45) is 3.06. The average molecular weight is 272 g/mol. The van der Waals surface area contributed by atoms with Crippen LogP contribution >= 0.6 is 23.5 Å². The molecule has 1 aliphatic heterocycles. The Morgan fingerprint density at radius 2 is 2.47 bits per heavy atom. The largest absolute Gasteiger partial charge is 0.308 e. The van der Waals surface area contributed by atoms with Gasteiger partial charge >= 0.3 is 0 Å². The number of nitrogens with one attached hydrogen (secondary N) is 1. The minimum absolute atomic E-state index is 0.382. The molecule has 0 amide bonds. The lowest BCUT2D eigenvalue weighted by atomic mass is 10.1. The Balaban J connectivity index is 2.09. The molecule has 2 rings (SSSR count). The third kappa shape index (κ3) is 3.39. The second-order valence-electron chi connectivity index (χ2n) is 4.20. The Kier molecular flexibility index (Phi) is 5.18. The van der Waals surface area contributed by atoms with Crippen LogP contribution in [-0.2, 0) is 7.05 Å². The summed E-state index contributed by atoms with van der Waals surface area (Å²) in [5.74, 6) is 3.76. The van der Waals surface area contributed by atoms with Crippen LogP contribution < -0.4 is 5.32 Å². The molecule has 1 saturated heterocycles. The van der Waals surface area contributed by atoms with Crippen LogP contribution in [0.25, 0.3) is 0 Å². The summed E-state index contributed by atoms with van der Waals surface area (Å²) in [6.45, 7) is 3.26. The SMILES string of the molecule is CCCNC(c1cnnn1C)C1CSCCS1. The van der Waals surface area contributed by atoms with Crippen molar-refractivity contribution in [3.63, 3.8) is 0 Å². The second-order valence-corrected chi connectivity index (χ2v) is 6.70. The Morgan fingerprint density at radius 3 is 3.06 bits per heavy atom. The minimum atomic E-state index is 0.382. The van der Waals surface area contributed by atoms with Gasteiger partial charge in [-0.25, -0.2) is 0 Å². The lowest BCUT2D eigenvalue weighted by Crippen LogP contribution is -2.35. The van der Waals surface area contributed by atoms with E-state index < -0.39 is 0 Å². The van der Waals surface area contributed by atoms with Gasteiger partial charge in [-0.15, -0.1) is 5.10 Å². The summed E-state index contributed by atoms with van der Waals surface area (Å²) >= 11 is 4.13. The number of nitrogens with zero attached hydrogens (tertiary/aromatic N) is 3. The van der Waals surface area contributed by atoms with Crippen LogP contribution in [0.2, 0.25) is 0 Å². The molecule has 0 aliphatic carbocycles. The number of rotatable bonds is 5. The fourth-order valence-corrected chi connectivity index (χ4v) is 4.86. The van der Waals surface area contributed by atoms with E-state index in [0.717, 1.165) is 13.0 Å². The summed E-state index contributed by atoms with van der Waals surface area (Å²) < 4.78 is 1.90. The first-order chi connectivity index (χ1) is 8.33. The molecule has 17 heavy (non-hydrogen) atoms. The lowest BCUT2D eigenvalue weighted by molar-refractivity contribution is 0.493. The number of aromatic nitrogens is 3. The smallest absolute Gasteiger partial charge is 0.0764 e. The Labute approximate surface area is 111 Å². The quantitative estimate of drug-likeness (QED) is 0.884. The molecule has 0 radical (unpaired) electrons. The van der Waals surface area contributed by atoms with E-state index in [-0.39, 0.29) is 0 Å². The zero-order valence-corrected chi connectivity index (χ0v) is 12.1. The molecule has 0 spiro atoms. The van der Waals surface area contributed by atoms with Crippen molar-refractivity contribution in [1.82, 2.24) is 20.3 Å². The van der Waals surface area contributed by atoms with Gasteiger partial charge in [-0.3, -0.25) is 4.68 Å². The molecule has 0 aromatic carbocycles. The zero-order chi connectivity index (χ0) is 12.1. The fourth-order valence-electron chi connectivity index (χ4n) is 2.00. The van der Waals surface area contributed by atoms with Gasteiger partial charge in [0.05, 0.1) is 17.9 Å². The molecule has 1 aromatic rings. The molecule has 2 unspecified atom stereocenters. The zero-order valence-electron chi connectivity index (χ0n) is 10.4. The lowest BCUT2D eigenvalue weighted by Gasteiger charge is -2.30. The maximum atomic E-state index is 4.05. The average Bonchev–Trinajstić information content (AvgIpc) is 2.78. The van der Waals surface area contributed by atoms with Crippen molar-refractivity contribution >= 4 is 23.5 Å². The van der Waals surface area contributed by atoms with Gasteiger partial charge in [0, 0.05) is 29.6 Å². The van der Waals surface area contributed by atoms with Gasteiger partial charge in [-0.1, -0.05) is 12.1 Å². The molecule has 4 nitrogen and oxygen atoms in total. The van der Waals surface area contributed by atoms with E-state index in [1.54, 1.807) is 0 Å². The molecule has 96 valence electrons. The van der Waals surface area contributed by atoms with Crippen molar-refractivity contribution in [3.05, 3.63) is 11.9 Å². The molecule has 2 heterocycles. The van der Waals surface area contributed by atoms with E-state index in [1.165, 1.54) is 23.0 Å². The topological polar surface area (TPSA) is 42.7 Å². The summed E-state index contributed by atoms with van der Waals surface area (Å²) in [4.78, 5) is 0. The third-order valence-corrected chi connectivity index (χ3v) is 5.76. The summed E-state index contributed by atoms with van der Waals surface area (Å²) in [5.41, 5.74) is 1.21. The monoisotopic (exact) mass is 272 g/mol. The van der Waals surface area contributed by atoms with E-state index in [0.29, 0.717) is 11.3 Å². The van der Waals surface area contributed by atoms with Crippen LogP contribution in [0.3, 0.4) is 0 Å². The van der Waals surface area contributed by atoms with Gasteiger partial charge in [-0.05, 0) is 13.0 Å². The highest BCUT2D eigenvalue weighted by molar-refractivity contribution is 8.06. The maximum Gasteiger partial charge on any atom is 0.0764 e. The third-order valence-electron chi connectivity index (χ3n) is 2.90. The van der Waals surface area contributed by atoms with Gasteiger partial charge in [0.25, 0.3) is 0 Å². The van der Waals surface area contributed by atoms with Crippen LogP contribution in [0.1, 0.15) is 25.1 Å². The highest BCUT2D eigenvalue weighted by Crippen LogP contribution is 2.33. The number of thioether (sulfide) groups is 2. The van der Waals surface area contributed by atoms with E-state index in [1.807, 2.05) is 17.9 Å². The Bertz CT molecular complexity index is 336. The van der Waals surface area contributed by atoms with Crippen molar-refractivity contribution in [2.24, 2.45) is 7.05 Å². The summed E-state index contributed by atoms with van der Waals surface area (Å²) in [5, 5.41) is 12.3. The minimum Gasteiger partial charge on any atom is -0.308 e. The Morgan fingerprint density at radius 1 is 1.59 bits per heavy atom. The molecule has 0 saturated carbocycles. The van der Waals surface area contributed by atoms with Crippen molar-refractivity contribution in [3.8, 4) is 0 Å². The fraction of sp³-hybridized carbons (Fsp3) is 0.818. The molecule has 1 aliphatic rings. The van der Waals surface area contributed by atoms with E-state index in [4.69, 9.17) is 0 Å². The van der Waals surface area contributed by atoms with Gasteiger partial charge in [0.15, 0.2) is 0 Å². The van der Waals surface area contributed by atoms with Crippen LogP contribution in [0.5, 0.6) is 0 Å². The molecule has 6 heteroatoms. The first-order valence-electron chi connectivity index (χ1n) is 6.10. The predicted molar refractivity (Wildman–Crippen MR) is 75.6 cm³/mol. The first-order valence-corrected chi connectivity index (χ1v) is 8.30. The highest BCUT2D eigenvalue weighted by Gasteiger charge is 2.27. The van der Waals surface area contributed by atoms with Crippen LogP contribution in [-0.4, -0.2) is 44.0 Å². The van der Waals surface area contributed by atoms with Crippen LogP contribution in [0, 0.1) is 0 Å². The van der Waals surface area contributed by atoms with E-state index >= 15 is 0 Å². The van der Waals surface area contributed by atoms with E-state index in [9.17, 15) is 0 Å². The molecular formula is C11H20N4S2. The highest BCUT2D eigenvalue weighted by atomic mass is 32.2. The normalized spacial score (nSPS) is 22.6. The van der Waals surface area contributed by atoms with Crippen LogP contribution in [0.15, 0.2) is 6.20 Å². The van der Waals surface area contributed by atoms with Gasteiger partial charge in [0.2, 0.25) is 0 Å². The van der Waals surface area contributed by atoms with Gasteiger partial charge < -0.3 is 5.32 Å². The van der Waals surface area contributed by atoms with Crippen molar-refractivity contribution in [1.29, 1.82) is 0 Å².